The fourth-order valence-electron chi connectivity index (χ4n) is 1.26. The number of fused-ring (bicyclic) bond motifs is 1. The molecule has 0 saturated heterocycles. The standard InChI is InChI=1S/C10H12N2OS/c1-8(7-13)14-10-4-2-3-9-11-5-6-12(9)10/h2-6,8,13H,7H2,1H3. The van der Waals surface area contributed by atoms with Crippen LogP contribution in [0.4, 0.5) is 0 Å². The molecule has 1 atom stereocenters. The van der Waals surface area contributed by atoms with Crippen LogP contribution in [-0.2, 0) is 0 Å². The van der Waals surface area contributed by atoms with E-state index in [1.165, 1.54) is 0 Å². The fraction of sp³-hybridized carbons (Fsp3) is 0.300. The molecule has 0 amide bonds. The Balaban J connectivity index is 2.36. The third-order valence-electron chi connectivity index (χ3n) is 1.97. The third kappa shape index (κ3) is 1.76. The van der Waals surface area contributed by atoms with Gasteiger partial charge in [-0.3, -0.25) is 4.40 Å². The first-order valence-corrected chi connectivity index (χ1v) is 5.39. The molecule has 0 spiro atoms. The molecule has 0 saturated carbocycles. The molecule has 2 rings (SSSR count). The fourth-order valence-corrected chi connectivity index (χ4v) is 2.17. The van der Waals surface area contributed by atoms with Gasteiger partial charge < -0.3 is 5.11 Å². The maximum Gasteiger partial charge on any atom is 0.137 e. The number of aromatic nitrogens is 2. The van der Waals surface area contributed by atoms with Crippen molar-refractivity contribution in [2.45, 2.75) is 17.2 Å². The SMILES string of the molecule is CC(CO)Sc1cccc2nccn12. The van der Waals surface area contributed by atoms with E-state index in [1.807, 2.05) is 35.7 Å². The molecule has 0 aliphatic carbocycles. The van der Waals surface area contributed by atoms with E-state index in [2.05, 4.69) is 4.98 Å². The van der Waals surface area contributed by atoms with Gasteiger partial charge in [0.15, 0.2) is 0 Å². The van der Waals surface area contributed by atoms with Crippen molar-refractivity contribution in [3.05, 3.63) is 30.6 Å². The van der Waals surface area contributed by atoms with Crippen molar-refractivity contribution in [3.63, 3.8) is 0 Å². The zero-order valence-corrected chi connectivity index (χ0v) is 8.74. The van der Waals surface area contributed by atoms with Gasteiger partial charge in [0.2, 0.25) is 0 Å². The van der Waals surface area contributed by atoms with E-state index < -0.39 is 0 Å². The summed E-state index contributed by atoms with van der Waals surface area (Å²) in [6, 6.07) is 5.98. The van der Waals surface area contributed by atoms with Crippen LogP contribution in [-0.4, -0.2) is 26.3 Å². The average Bonchev–Trinajstić information content (AvgIpc) is 2.66. The summed E-state index contributed by atoms with van der Waals surface area (Å²) in [7, 11) is 0. The maximum absolute atomic E-state index is 8.97. The summed E-state index contributed by atoms with van der Waals surface area (Å²) in [6.45, 7) is 2.19. The summed E-state index contributed by atoms with van der Waals surface area (Å²) in [6.07, 6.45) is 3.71. The predicted octanol–water partition coefficient (Wildman–Crippen LogP) is 1.81. The number of aliphatic hydroxyl groups is 1. The molecule has 0 aliphatic heterocycles. The van der Waals surface area contributed by atoms with E-state index in [9.17, 15) is 0 Å². The number of rotatable bonds is 3. The van der Waals surface area contributed by atoms with Crippen LogP contribution in [0, 0.1) is 0 Å². The van der Waals surface area contributed by atoms with Crippen LogP contribution in [0.25, 0.3) is 5.65 Å². The van der Waals surface area contributed by atoms with Gasteiger partial charge in [0.05, 0.1) is 11.6 Å². The summed E-state index contributed by atoms with van der Waals surface area (Å²) in [4.78, 5) is 4.20. The van der Waals surface area contributed by atoms with Gasteiger partial charge >= 0.3 is 0 Å². The second kappa shape index (κ2) is 4.02. The lowest BCUT2D eigenvalue weighted by Crippen LogP contribution is -2.03. The van der Waals surface area contributed by atoms with Gasteiger partial charge in [-0.05, 0) is 12.1 Å². The van der Waals surface area contributed by atoms with E-state index in [1.54, 1.807) is 18.0 Å². The summed E-state index contributed by atoms with van der Waals surface area (Å²) < 4.78 is 2.02. The predicted molar refractivity (Wildman–Crippen MR) is 57.6 cm³/mol. The van der Waals surface area contributed by atoms with Gasteiger partial charge in [0.1, 0.15) is 5.65 Å². The third-order valence-corrected chi connectivity index (χ3v) is 3.10. The lowest BCUT2D eigenvalue weighted by atomic mass is 10.5. The number of imidazole rings is 1. The first-order valence-electron chi connectivity index (χ1n) is 4.51. The smallest absolute Gasteiger partial charge is 0.137 e. The van der Waals surface area contributed by atoms with Gasteiger partial charge in [0.25, 0.3) is 0 Å². The molecule has 2 heterocycles. The molecular formula is C10H12N2OS. The summed E-state index contributed by atoms with van der Waals surface area (Å²) in [5, 5.41) is 10.3. The van der Waals surface area contributed by atoms with Crippen LogP contribution < -0.4 is 0 Å². The molecule has 0 radical (unpaired) electrons. The van der Waals surface area contributed by atoms with E-state index in [0.29, 0.717) is 0 Å². The Morgan fingerprint density at radius 1 is 1.57 bits per heavy atom. The largest absolute Gasteiger partial charge is 0.395 e. The number of hydrogen-bond acceptors (Lipinski definition) is 3. The molecule has 1 N–H and O–H groups in total. The Kier molecular flexibility index (Phi) is 2.74. The van der Waals surface area contributed by atoms with Crippen molar-refractivity contribution in [2.24, 2.45) is 0 Å². The highest BCUT2D eigenvalue weighted by Crippen LogP contribution is 2.23. The van der Waals surface area contributed by atoms with E-state index in [4.69, 9.17) is 5.11 Å². The zero-order chi connectivity index (χ0) is 9.97. The van der Waals surface area contributed by atoms with E-state index in [-0.39, 0.29) is 11.9 Å². The van der Waals surface area contributed by atoms with Crippen LogP contribution in [0.1, 0.15) is 6.92 Å². The Labute approximate surface area is 86.8 Å². The van der Waals surface area contributed by atoms with Crippen molar-refractivity contribution in [2.75, 3.05) is 6.61 Å². The molecule has 14 heavy (non-hydrogen) atoms. The Morgan fingerprint density at radius 2 is 2.43 bits per heavy atom. The maximum atomic E-state index is 8.97. The van der Waals surface area contributed by atoms with Crippen molar-refractivity contribution in [1.82, 2.24) is 9.38 Å². The Hall–Kier alpha value is -1.00. The molecule has 0 bridgehead atoms. The lowest BCUT2D eigenvalue weighted by Gasteiger charge is -2.08. The molecule has 0 aromatic carbocycles. The summed E-state index contributed by atoms with van der Waals surface area (Å²) >= 11 is 1.65. The normalized spacial score (nSPS) is 13.3. The Bertz CT molecular complexity index is 427. The van der Waals surface area contributed by atoms with Crippen LogP contribution in [0.2, 0.25) is 0 Å². The highest BCUT2D eigenvalue weighted by molar-refractivity contribution is 7.99. The average molecular weight is 208 g/mol. The van der Waals surface area contributed by atoms with Gasteiger partial charge in [-0.15, -0.1) is 11.8 Å². The van der Waals surface area contributed by atoms with Crippen molar-refractivity contribution >= 4 is 17.4 Å². The summed E-state index contributed by atoms with van der Waals surface area (Å²) in [5.41, 5.74) is 0.945. The van der Waals surface area contributed by atoms with Gasteiger partial charge in [-0.1, -0.05) is 13.0 Å². The molecular weight excluding hydrogens is 196 g/mol. The molecule has 4 heteroatoms. The molecule has 3 nitrogen and oxygen atoms in total. The van der Waals surface area contributed by atoms with Crippen LogP contribution >= 0.6 is 11.8 Å². The first-order chi connectivity index (χ1) is 6.81. The van der Waals surface area contributed by atoms with Crippen molar-refractivity contribution < 1.29 is 5.11 Å². The minimum atomic E-state index is 0.190. The number of hydrogen-bond donors (Lipinski definition) is 1. The Morgan fingerprint density at radius 3 is 3.21 bits per heavy atom. The topological polar surface area (TPSA) is 37.5 Å². The number of nitrogens with zero attached hydrogens (tertiary/aromatic N) is 2. The van der Waals surface area contributed by atoms with Crippen LogP contribution in [0.5, 0.6) is 0 Å². The molecule has 1 unspecified atom stereocenters. The zero-order valence-electron chi connectivity index (χ0n) is 7.92. The minimum absolute atomic E-state index is 0.190. The van der Waals surface area contributed by atoms with Crippen molar-refractivity contribution in [3.8, 4) is 0 Å². The number of thioether (sulfide) groups is 1. The quantitative estimate of drug-likeness (QED) is 0.782. The van der Waals surface area contributed by atoms with Crippen LogP contribution in [0.3, 0.4) is 0 Å². The second-order valence-corrected chi connectivity index (χ2v) is 4.59. The summed E-state index contributed by atoms with van der Waals surface area (Å²) in [5.74, 6) is 0. The monoisotopic (exact) mass is 208 g/mol. The first kappa shape index (κ1) is 9.55. The van der Waals surface area contributed by atoms with Crippen LogP contribution in [0.15, 0.2) is 35.6 Å². The van der Waals surface area contributed by atoms with E-state index >= 15 is 0 Å². The van der Waals surface area contributed by atoms with Crippen molar-refractivity contribution in [1.29, 1.82) is 0 Å². The highest BCUT2D eigenvalue weighted by atomic mass is 32.2. The van der Waals surface area contributed by atoms with E-state index in [0.717, 1.165) is 10.7 Å². The molecule has 2 aromatic rings. The molecule has 2 aromatic heterocycles. The van der Waals surface area contributed by atoms with Gasteiger partial charge in [0, 0.05) is 17.6 Å². The number of aliphatic hydroxyl groups excluding tert-OH is 1. The lowest BCUT2D eigenvalue weighted by molar-refractivity contribution is 0.300. The van der Waals surface area contributed by atoms with Gasteiger partial charge in [-0.25, -0.2) is 4.98 Å². The minimum Gasteiger partial charge on any atom is -0.395 e. The molecule has 0 fully saturated rings. The molecule has 0 aliphatic rings. The van der Waals surface area contributed by atoms with Gasteiger partial charge in [-0.2, -0.15) is 0 Å². The second-order valence-electron chi connectivity index (χ2n) is 3.13. The molecule has 74 valence electrons. The number of pyridine rings is 1. The highest BCUT2D eigenvalue weighted by Gasteiger charge is 2.05.